The fourth-order valence-electron chi connectivity index (χ4n) is 2.81. The molecule has 0 aliphatic heterocycles. The molecule has 132 valence electrons. The lowest BCUT2D eigenvalue weighted by atomic mass is 9.91. The smallest absolute Gasteiger partial charge is 0.302 e. The van der Waals surface area contributed by atoms with Crippen LogP contribution < -0.4 is 0 Å². The lowest BCUT2D eigenvalue weighted by Gasteiger charge is -2.43. The van der Waals surface area contributed by atoms with Crippen LogP contribution >= 0.6 is 7.60 Å². The van der Waals surface area contributed by atoms with Crippen LogP contribution in [0.15, 0.2) is 54.6 Å². The van der Waals surface area contributed by atoms with E-state index < -0.39 is 24.0 Å². The highest BCUT2D eigenvalue weighted by molar-refractivity contribution is 7.55. The minimum atomic E-state index is -3.53. The van der Waals surface area contributed by atoms with Crippen molar-refractivity contribution >= 4 is 7.60 Å². The zero-order valence-corrected chi connectivity index (χ0v) is 16.5. The molecule has 0 spiro atoms. The summed E-state index contributed by atoms with van der Waals surface area (Å²) in [6.45, 7) is 11.5. The van der Waals surface area contributed by atoms with Gasteiger partial charge in [0.15, 0.2) is 0 Å². The highest BCUT2D eigenvalue weighted by Gasteiger charge is 2.53. The van der Waals surface area contributed by atoms with Gasteiger partial charge in [0, 0.05) is 0 Å². The van der Waals surface area contributed by atoms with Gasteiger partial charge in [-0.15, -0.1) is 0 Å². The van der Waals surface area contributed by atoms with E-state index in [1.807, 2.05) is 96.2 Å². The minimum absolute atomic E-state index is 0.580. The van der Waals surface area contributed by atoms with Crippen molar-refractivity contribution in [1.82, 2.24) is 0 Å². The summed E-state index contributed by atoms with van der Waals surface area (Å²) in [5.74, 6) is 0. The van der Waals surface area contributed by atoms with Gasteiger partial charge in [0.25, 0.3) is 0 Å². The molecule has 3 nitrogen and oxygen atoms in total. The molecule has 1 aliphatic rings. The molecule has 0 saturated heterocycles. The number of hydrogen-bond acceptors (Lipinski definition) is 3. The van der Waals surface area contributed by atoms with E-state index in [1.165, 1.54) is 0 Å². The summed E-state index contributed by atoms with van der Waals surface area (Å²) >= 11 is 0. The highest BCUT2D eigenvalue weighted by atomic mass is 31.2. The van der Waals surface area contributed by atoms with E-state index >= 15 is 0 Å². The summed E-state index contributed by atoms with van der Waals surface area (Å²) in [7, 11) is -3.53. The predicted molar refractivity (Wildman–Crippen MR) is 100 cm³/mol. The molecule has 0 N–H and O–H groups in total. The molecule has 0 aromatic heterocycles. The van der Waals surface area contributed by atoms with Crippen LogP contribution in [0.25, 0.3) is 0 Å². The van der Waals surface area contributed by atoms with E-state index in [-0.39, 0.29) is 0 Å². The molecule has 0 saturated carbocycles. The second kappa shape index (κ2) is 6.63. The van der Waals surface area contributed by atoms with Gasteiger partial charge in [0.2, 0.25) is 0 Å². The Bertz CT molecular complexity index is 642. The molecule has 0 radical (unpaired) electrons. The van der Waals surface area contributed by atoms with Crippen LogP contribution in [0.4, 0.5) is 0 Å². The molecule has 1 aromatic carbocycles. The van der Waals surface area contributed by atoms with E-state index in [0.29, 0.717) is 6.42 Å². The quantitative estimate of drug-likeness (QED) is 0.606. The molecule has 1 atom stereocenters. The van der Waals surface area contributed by atoms with Gasteiger partial charge < -0.3 is 9.05 Å². The standard InChI is InChI=1S/C20H29O3P/c1-18(2,3)22-24(21,23-19(4,5)6)20(15-11-8-12-16-20)17-13-9-7-10-14-17/h7-15H,16H2,1-6H3. The van der Waals surface area contributed by atoms with E-state index in [1.54, 1.807) is 0 Å². The Morgan fingerprint density at radius 3 is 1.88 bits per heavy atom. The molecule has 0 heterocycles. The monoisotopic (exact) mass is 348 g/mol. The van der Waals surface area contributed by atoms with Gasteiger partial charge in [-0.05, 0) is 53.5 Å². The molecule has 1 unspecified atom stereocenters. The van der Waals surface area contributed by atoms with Crippen molar-refractivity contribution in [2.45, 2.75) is 64.3 Å². The molecule has 1 aromatic rings. The average Bonchev–Trinajstić information content (AvgIpc) is 2.45. The van der Waals surface area contributed by atoms with Crippen LogP contribution in [0.3, 0.4) is 0 Å². The Labute approximate surface area is 146 Å². The first-order valence-corrected chi connectivity index (χ1v) is 9.93. The third-order valence-corrected chi connectivity index (χ3v) is 6.74. The maximum absolute atomic E-state index is 14.2. The molecule has 0 amide bonds. The van der Waals surface area contributed by atoms with Gasteiger partial charge in [-0.2, -0.15) is 0 Å². The van der Waals surface area contributed by atoms with Crippen molar-refractivity contribution in [2.24, 2.45) is 0 Å². The maximum Gasteiger partial charge on any atom is 0.346 e. The number of benzene rings is 1. The van der Waals surface area contributed by atoms with Crippen LogP contribution in [0.2, 0.25) is 0 Å². The van der Waals surface area contributed by atoms with Crippen LogP contribution in [0.1, 0.15) is 53.5 Å². The third-order valence-electron chi connectivity index (χ3n) is 3.60. The molecule has 4 heteroatoms. The first-order valence-electron chi connectivity index (χ1n) is 8.39. The maximum atomic E-state index is 14.2. The molecule has 0 fully saturated rings. The van der Waals surface area contributed by atoms with Gasteiger partial charge in [0.05, 0.1) is 11.2 Å². The topological polar surface area (TPSA) is 35.5 Å². The fourth-order valence-corrected chi connectivity index (χ4v) is 5.68. The molecular formula is C20H29O3P. The predicted octanol–water partition coefficient (Wildman–Crippen LogP) is 6.22. The number of hydrogen-bond donors (Lipinski definition) is 0. The normalized spacial score (nSPS) is 21.9. The Hall–Kier alpha value is -1.15. The van der Waals surface area contributed by atoms with Gasteiger partial charge in [-0.25, -0.2) is 0 Å². The second-order valence-corrected chi connectivity index (χ2v) is 10.3. The molecule has 24 heavy (non-hydrogen) atoms. The summed E-state index contributed by atoms with van der Waals surface area (Å²) in [4.78, 5) is 0. The zero-order chi connectivity index (χ0) is 18.1. The van der Waals surface area contributed by atoms with E-state index in [2.05, 4.69) is 0 Å². The Balaban J connectivity index is 2.64. The van der Waals surface area contributed by atoms with Gasteiger partial charge >= 0.3 is 7.60 Å². The zero-order valence-electron chi connectivity index (χ0n) is 15.6. The minimum Gasteiger partial charge on any atom is -0.302 e. The first kappa shape index (κ1) is 19.2. The second-order valence-electron chi connectivity index (χ2n) is 8.19. The summed E-state index contributed by atoms with van der Waals surface area (Å²) in [5.41, 5.74) is -0.225. The third kappa shape index (κ3) is 4.27. The Morgan fingerprint density at radius 1 is 0.917 bits per heavy atom. The van der Waals surface area contributed by atoms with Crippen molar-refractivity contribution in [3.63, 3.8) is 0 Å². The largest absolute Gasteiger partial charge is 0.346 e. The van der Waals surface area contributed by atoms with Gasteiger partial charge in [-0.1, -0.05) is 54.6 Å². The first-order chi connectivity index (χ1) is 11.0. The summed E-state index contributed by atoms with van der Waals surface area (Å²) in [6, 6.07) is 9.87. The lowest BCUT2D eigenvalue weighted by molar-refractivity contribution is 0.0405. The SMILES string of the molecule is CC(C)(C)OP(=O)(OC(C)(C)C)C1(c2ccccc2)C=CC=CC1. The van der Waals surface area contributed by atoms with Crippen LogP contribution in [-0.4, -0.2) is 11.2 Å². The Kier molecular flexibility index (Phi) is 5.30. The highest BCUT2D eigenvalue weighted by Crippen LogP contribution is 2.70. The van der Waals surface area contributed by atoms with Crippen LogP contribution in [0, 0.1) is 0 Å². The number of allylic oxidation sites excluding steroid dienone is 4. The van der Waals surface area contributed by atoms with E-state index in [9.17, 15) is 4.57 Å². The lowest BCUT2D eigenvalue weighted by Crippen LogP contribution is -2.34. The van der Waals surface area contributed by atoms with E-state index in [4.69, 9.17) is 9.05 Å². The molecule has 1 aliphatic carbocycles. The van der Waals surface area contributed by atoms with Crippen LogP contribution in [-0.2, 0) is 18.8 Å². The molecular weight excluding hydrogens is 319 g/mol. The molecule has 2 rings (SSSR count). The van der Waals surface area contributed by atoms with Crippen molar-refractivity contribution in [2.75, 3.05) is 0 Å². The van der Waals surface area contributed by atoms with Crippen LogP contribution in [0.5, 0.6) is 0 Å². The van der Waals surface area contributed by atoms with Crippen molar-refractivity contribution in [3.8, 4) is 0 Å². The Morgan fingerprint density at radius 2 is 1.46 bits per heavy atom. The van der Waals surface area contributed by atoms with Gasteiger partial charge in [-0.3, -0.25) is 4.57 Å². The fraction of sp³-hybridized carbons (Fsp3) is 0.500. The van der Waals surface area contributed by atoms with Gasteiger partial charge in [0.1, 0.15) is 5.16 Å². The summed E-state index contributed by atoms with van der Waals surface area (Å²) in [6.07, 6.45) is 8.48. The van der Waals surface area contributed by atoms with Crippen molar-refractivity contribution in [1.29, 1.82) is 0 Å². The van der Waals surface area contributed by atoms with Crippen molar-refractivity contribution in [3.05, 3.63) is 60.2 Å². The molecule has 0 bridgehead atoms. The number of rotatable bonds is 4. The summed E-state index contributed by atoms with van der Waals surface area (Å²) < 4.78 is 26.5. The van der Waals surface area contributed by atoms with Crippen molar-refractivity contribution < 1.29 is 13.6 Å². The average molecular weight is 348 g/mol. The van der Waals surface area contributed by atoms with E-state index in [0.717, 1.165) is 5.56 Å². The summed E-state index contributed by atoms with van der Waals surface area (Å²) in [5, 5.41) is -0.816.